The quantitative estimate of drug-likeness (QED) is 0.511. The Hall–Kier alpha value is -2.94. The van der Waals surface area contributed by atoms with Gasteiger partial charge in [0.25, 0.3) is 5.76 Å². The van der Waals surface area contributed by atoms with Gasteiger partial charge in [0.2, 0.25) is 11.8 Å². The molecule has 0 fully saturated rings. The van der Waals surface area contributed by atoms with Crippen LogP contribution in [0.1, 0.15) is 31.9 Å². The molecule has 158 valence electrons. The standard InChI is InChI=1S/C21H22F2N4O2S/c1-3-18(28)25-15-10-8-14(9-11-15)13(2)24-19(29)12-27-17-7-5-4-6-16(17)26-21(27)30-20(22)23/h4-11,13,20H,3,12H2,1-2H3,(H,24,29)(H,25,28). The first-order chi connectivity index (χ1) is 14.4. The summed E-state index contributed by atoms with van der Waals surface area (Å²) in [6.45, 7) is 3.49. The lowest BCUT2D eigenvalue weighted by atomic mass is 10.1. The van der Waals surface area contributed by atoms with Crippen LogP contribution in [-0.4, -0.2) is 27.1 Å². The van der Waals surface area contributed by atoms with E-state index >= 15 is 0 Å². The topological polar surface area (TPSA) is 76.0 Å². The molecule has 0 aliphatic rings. The number of halogens is 2. The summed E-state index contributed by atoms with van der Waals surface area (Å²) in [5.74, 6) is -3.02. The molecular formula is C21H22F2N4O2S. The summed E-state index contributed by atoms with van der Waals surface area (Å²) in [5.41, 5.74) is 2.73. The molecule has 0 spiro atoms. The second-order valence-corrected chi connectivity index (χ2v) is 7.62. The van der Waals surface area contributed by atoms with E-state index in [0.717, 1.165) is 5.56 Å². The van der Waals surface area contributed by atoms with Gasteiger partial charge in [-0.1, -0.05) is 31.2 Å². The third kappa shape index (κ3) is 5.35. The number of fused-ring (bicyclic) bond motifs is 1. The van der Waals surface area contributed by atoms with Gasteiger partial charge in [0.05, 0.1) is 17.1 Å². The van der Waals surface area contributed by atoms with Crippen molar-refractivity contribution in [3.8, 4) is 0 Å². The molecule has 2 aromatic carbocycles. The van der Waals surface area contributed by atoms with Crippen molar-refractivity contribution >= 4 is 40.3 Å². The van der Waals surface area contributed by atoms with Crippen molar-refractivity contribution < 1.29 is 18.4 Å². The number of carbonyl (C=O) groups is 2. The maximum atomic E-state index is 12.9. The first-order valence-corrected chi connectivity index (χ1v) is 10.3. The van der Waals surface area contributed by atoms with E-state index in [1.165, 1.54) is 4.57 Å². The number of imidazole rings is 1. The largest absolute Gasteiger partial charge is 0.348 e. The van der Waals surface area contributed by atoms with E-state index in [1.807, 2.05) is 19.1 Å². The van der Waals surface area contributed by atoms with Gasteiger partial charge in [0, 0.05) is 12.1 Å². The molecule has 0 saturated heterocycles. The molecular weight excluding hydrogens is 410 g/mol. The first-order valence-electron chi connectivity index (χ1n) is 9.46. The third-order valence-electron chi connectivity index (χ3n) is 4.51. The molecule has 1 heterocycles. The van der Waals surface area contributed by atoms with Crippen molar-refractivity contribution in [3.63, 3.8) is 0 Å². The Morgan fingerprint density at radius 1 is 1.10 bits per heavy atom. The summed E-state index contributed by atoms with van der Waals surface area (Å²) in [7, 11) is 0. The molecule has 0 bridgehead atoms. The van der Waals surface area contributed by atoms with Gasteiger partial charge in [-0.05, 0) is 48.5 Å². The first kappa shape index (κ1) is 21.8. The minimum absolute atomic E-state index is 0.0749. The second kappa shape index (κ2) is 9.71. The number of carbonyl (C=O) groups excluding carboxylic acids is 2. The zero-order chi connectivity index (χ0) is 21.7. The number of hydrogen-bond donors (Lipinski definition) is 2. The number of benzene rings is 2. The Morgan fingerprint density at radius 3 is 2.47 bits per heavy atom. The number of nitrogens with one attached hydrogen (secondary N) is 2. The average Bonchev–Trinajstić information content (AvgIpc) is 3.04. The van der Waals surface area contributed by atoms with Crippen molar-refractivity contribution in [1.82, 2.24) is 14.9 Å². The van der Waals surface area contributed by atoms with Crippen LogP contribution in [0.3, 0.4) is 0 Å². The lowest BCUT2D eigenvalue weighted by molar-refractivity contribution is -0.122. The monoisotopic (exact) mass is 432 g/mol. The van der Waals surface area contributed by atoms with Crippen LogP contribution in [0.4, 0.5) is 14.5 Å². The molecule has 0 saturated carbocycles. The zero-order valence-electron chi connectivity index (χ0n) is 16.6. The predicted octanol–water partition coefficient (Wildman–Crippen LogP) is 4.58. The number of aromatic nitrogens is 2. The summed E-state index contributed by atoms with van der Waals surface area (Å²) in [4.78, 5) is 28.3. The van der Waals surface area contributed by atoms with Gasteiger partial charge < -0.3 is 15.2 Å². The lowest BCUT2D eigenvalue weighted by Gasteiger charge is -2.16. The highest BCUT2D eigenvalue weighted by Crippen LogP contribution is 2.28. The normalized spacial score (nSPS) is 12.2. The number of nitrogens with zero attached hydrogens (tertiary/aromatic N) is 2. The minimum atomic E-state index is -2.63. The summed E-state index contributed by atoms with van der Waals surface area (Å²) in [6.07, 6.45) is 0.392. The number of anilines is 1. The molecule has 0 aliphatic heterocycles. The molecule has 3 rings (SSSR count). The summed E-state index contributed by atoms with van der Waals surface area (Å²) in [6, 6.07) is 13.9. The lowest BCUT2D eigenvalue weighted by Crippen LogP contribution is -2.30. The molecule has 1 aromatic heterocycles. The molecule has 2 N–H and O–H groups in total. The summed E-state index contributed by atoms with van der Waals surface area (Å²) in [5, 5.41) is 5.75. The van der Waals surface area contributed by atoms with Gasteiger partial charge in [-0.15, -0.1) is 0 Å². The van der Waals surface area contributed by atoms with Crippen LogP contribution in [0.25, 0.3) is 11.0 Å². The Labute approximate surface area is 177 Å². The Bertz CT molecular complexity index is 1040. The van der Waals surface area contributed by atoms with E-state index in [0.29, 0.717) is 34.9 Å². The van der Waals surface area contributed by atoms with Gasteiger partial charge in [0.15, 0.2) is 5.16 Å². The van der Waals surface area contributed by atoms with Crippen LogP contribution in [-0.2, 0) is 16.1 Å². The highest BCUT2D eigenvalue weighted by atomic mass is 32.2. The van der Waals surface area contributed by atoms with Crippen LogP contribution < -0.4 is 10.6 Å². The van der Waals surface area contributed by atoms with E-state index in [1.54, 1.807) is 43.3 Å². The Morgan fingerprint density at radius 2 is 1.80 bits per heavy atom. The number of rotatable bonds is 8. The SMILES string of the molecule is CCC(=O)Nc1ccc(C(C)NC(=O)Cn2c(SC(F)F)nc3ccccc32)cc1. The fraction of sp³-hybridized carbons (Fsp3) is 0.286. The Kier molecular flexibility index (Phi) is 7.04. The van der Waals surface area contributed by atoms with Crippen LogP contribution in [0.15, 0.2) is 53.7 Å². The van der Waals surface area contributed by atoms with Crippen LogP contribution >= 0.6 is 11.8 Å². The molecule has 0 aliphatic carbocycles. The summed E-state index contributed by atoms with van der Waals surface area (Å²) >= 11 is 0.320. The fourth-order valence-corrected chi connectivity index (χ4v) is 3.59. The van der Waals surface area contributed by atoms with Crippen LogP contribution in [0.5, 0.6) is 0 Å². The van der Waals surface area contributed by atoms with Gasteiger partial charge in [-0.2, -0.15) is 8.78 Å². The molecule has 30 heavy (non-hydrogen) atoms. The number of hydrogen-bond acceptors (Lipinski definition) is 4. The second-order valence-electron chi connectivity index (χ2n) is 6.66. The van der Waals surface area contributed by atoms with Crippen LogP contribution in [0, 0.1) is 0 Å². The van der Waals surface area contributed by atoms with Gasteiger partial charge >= 0.3 is 0 Å². The van der Waals surface area contributed by atoms with E-state index in [4.69, 9.17) is 0 Å². The number of amides is 2. The summed E-state index contributed by atoms with van der Waals surface area (Å²) < 4.78 is 27.3. The van der Waals surface area contributed by atoms with Crippen molar-refractivity contribution in [3.05, 3.63) is 54.1 Å². The molecule has 9 heteroatoms. The van der Waals surface area contributed by atoms with E-state index in [-0.39, 0.29) is 29.6 Å². The van der Waals surface area contributed by atoms with Crippen LogP contribution in [0.2, 0.25) is 0 Å². The van der Waals surface area contributed by atoms with Crippen molar-refractivity contribution in [1.29, 1.82) is 0 Å². The molecule has 6 nitrogen and oxygen atoms in total. The average molecular weight is 432 g/mol. The van der Waals surface area contributed by atoms with E-state index in [2.05, 4.69) is 15.6 Å². The molecule has 1 unspecified atom stereocenters. The molecule has 2 amide bonds. The molecule has 1 atom stereocenters. The highest BCUT2D eigenvalue weighted by Gasteiger charge is 2.18. The van der Waals surface area contributed by atoms with Crippen molar-refractivity contribution in [2.24, 2.45) is 0 Å². The maximum Gasteiger partial charge on any atom is 0.291 e. The highest BCUT2D eigenvalue weighted by molar-refractivity contribution is 7.99. The predicted molar refractivity (Wildman–Crippen MR) is 114 cm³/mol. The number of thioether (sulfide) groups is 1. The van der Waals surface area contributed by atoms with Crippen molar-refractivity contribution in [2.75, 3.05) is 5.32 Å². The number of alkyl halides is 2. The van der Waals surface area contributed by atoms with E-state index in [9.17, 15) is 18.4 Å². The van der Waals surface area contributed by atoms with Gasteiger partial charge in [-0.25, -0.2) is 4.98 Å². The number of para-hydroxylation sites is 2. The van der Waals surface area contributed by atoms with Gasteiger partial charge in [-0.3, -0.25) is 9.59 Å². The third-order valence-corrected chi connectivity index (χ3v) is 5.21. The molecule has 3 aromatic rings. The fourth-order valence-electron chi connectivity index (χ4n) is 2.99. The smallest absolute Gasteiger partial charge is 0.291 e. The van der Waals surface area contributed by atoms with Gasteiger partial charge in [0.1, 0.15) is 6.54 Å². The van der Waals surface area contributed by atoms with Crippen molar-refractivity contribution in [2.45, 2.75) is 43.8 Å². The Balaban J connectivity index is 1.70. The zero-order valence-corrected chi connectivity index (χ0v) is 17.4. The minimum Gasteiger partial charge on any atom is -0.348 e. The maximum absolute atomic E-state index is 12.9. The molecule has 0 radical (unpaired) electrons. The van der Waals surface area contributed by atoms with E-state index < -0.39 is 5.76 Å².